The number of carbonyl (C=O) groups excluding carboxylic acids is 3. The van der Waals surface area contributed by atoms with E-state index in [1.54, 1.807) is 35.4 Å². The molecule has 2 aromatic heterocycles. The highest BCUT2D eigenvalue weighted by atomic mass is 35.5. The molecule has 1 N–H and O–H groups in total. The zero-order valence-electron chi connectivity index (χ0n) is 25.5. The van der Waals surface area contributed by atoms with Crippen molar-refractivity contribution in [2.75, 3.05) is 25.0 Å². The number of rotatable bonds is 11. The molecule has 2 aromatic carbocycles. The summed E-state index contributed by atoms with van der Waals surface area (Å²) in [6.07, 6.45) is 9.08. The zero-order valence-corrected chi connectivity index (χ0v) is 27.9. The molecule has 1 aliphatic heterocycles. The van der Waals surface area contributed by atoms with Gasteiger partial charge in [-0.3, -0.25) is 23.9 Å². The minimum Gasteiger partial charge on any atom is -0.466 e. The second-order valence-corrected chi connectivity index (χ2v) is 13.5. The molecule has 6 rings (SSSR count). The maximum Gasteiger partial charge on any atom is 0.308 e. The summed E-state index contributed by atoms with van der Waals surface area (Å²) >= 11 is 15.0. The Labute approximate surface area is 281 Å². The molecule has 0 bridgehead atoms. The summed E-state index contributed by atoms with van der Waals surface area (Å²) in [6, 6.07) is 10.9. The number of halogens is 2. The molecule has 3 heterocycles. The average molecular weight is 684 g/mol. The minimum atomic E-state index is -1.45. The van der Waals surface area contributed by atoms with Crippen LogP contribution in [0.2, 0.25) is 10.0 Å². The fourth-order valence-corrected chi connectivity index (χ4v) is 7.91. The number of anilines is 1. The number of Topliss-reactive ketones (excluding diaryl/α,β-unsaturated/α-hetero) is 1. The Bertz CT molecular complexity index is 1710. The van der Waals surface area contributed by atoms with Crippen LogP contribution in [0.15, 0.2) is 60.5 Å². The SMILES string of the molecule is CCOC(=O)C1CCC(OC(C(=O)Cc2cc(Cl)c(NC(=O)c3csc4ccccc34)cc2Cl)(N2CCCC2)n2ccnc2)CC1. The molecule has 1 saturated heterocycles. The first-order chi connectivity index (χ1) is 22.3. The van der Waals surface area contributed by atoms with Crippen molar-refractivity contribution in [2.45, 2.75) is 63.8 Å². The number of nitrogens with zero attached hydrogens (tertiary/aromatic N) is 3. The normalized spacial score (nSPS) is 20.0. The molecule has 0 radical (unpaired) electrons. The molecule has 1 atom stereocenters. The minimum absolute atomic E-state index is 0.0607. The Morgan fingerprint density at radius 1 is 1.07 bits per heavy atom. The molecule has 1 amide bonds. The third kappa shape index (κ3) is 6.59. The van der Waals surface area contributed by atoms with Gasteiger partial charge in [0.2, 0.25) is 5.78 Å². The van der Waals surface area contributed by atoms with E-state index >= 15 is 0 Å². The molecular weight excluding hydrogens is 647 g/mol. The number of aromatic nitrogens is 2. The number of fused-ring (bicyclic) bond motifs is 1. The van der Waals surface area contributed by atoms with Gasteiger partial charge < -0.3 is 14.8 Å². The van der Waals surface area contributed by atoms with Crippen LogP contribution >= 0.6 is 34.5 Å². The molecule has 4 aromatic rings. The Morgan fingerprint density at radius 2 is 1.83 bits per heavy atom. The molecule has 1 aliphatic carbocycles. The van der Waals surface area contributed by atoms with Crippen molar-refractivity contribution < 1.29 is 23.9 Å². The first-order valence-corrected chi connectivity index (χ1v) is 17.3. The molecule has 242 valence electrons. The summed E-state index contributed by atoms with van der Waals surface area (Å²) in [5.41, 5.74) is 1.43. The number of ketones is 1. The van der Waals surface area contributed by atoms with E-state index in [-0.39, 0.29) is 41.1 Å². The summed E-state index contributed by atoms with van der Waals surface area (Å²) in [7, 11) is 0. The number of ether oxygens (including phenoxy) is 2. The van der Waals surface area contributed by atoms with E-state index in [0.29, 0.717) is 67.2 Å². The lowest BCUT2D eigenvalue weighted by Crippen LogP contribution is -2.59. The molecule has 1 saturated carbocycles. The van der Waals surface area contributed by atoms with Crippen LogP contribution in [0.1, 0.15) is 61.4 Å². The molecule has 12 heteroatoms. The van der Waals surface area contributed by atoms with Crippen molar-refractivity contribution in [3.05, 3.63) is 81.7 Å². The number of imidazole rings is 1. The van der Waals surface area contributed by atoms with E-state index in [1.807, 2.05) is 36.6 Å². The van der Waals surface area contributed by atoms with Gasteiger partial charge in [0.25, 0.3) is 11.8 Å². The Kier molecular flexibility index (Phi) is 10.1. The van der Waals surface area contributed by atoms with Crippen LogP contribution in [0.3, 0.4) is 0 Å². The third-order valence-electron chi connectivity index (χ3n) is 8.84. The summed E-state index contributed by atoms with van der Waals surface area (Å²) in [5, 5.41) is 6.14. The van der Waals surface area contributed by atoms with E-state index in [9.17, 15) is 14.4 Å². The van der Waals surface area contributed by atoms with Crippen LogP contribution in [-0.4, -0.2) is 57.9 Å². The number of esters is 1. The highest BCUT2D eigenvalue weighted by Crippen LogP contribution is 2.38. The van der Waals surface area contributed by atoms with E-state index < -0.39 is 5.85 Å². The lowest BCUT2D eigenvalue weighted by molar-refractivity contribution is -0.233. The molecular formula is C34H36Cl2N4O5S. The second kappa shape index (κ2) is 14.2. The molecule has 46 heavy (non-hydrogen) atoms. The van der Waals surface area contributed by atoms with Crippen LogP contribution in [0.25, 0.3) is 10.1 Å². The van der Waals surface area contributed by atoms with Crippen LogP contribution < -0.4 is 5.32 Å². The monoisotopic (exact) mass is 682 g/mol. The number of hydrogen-bond acceptors (Lipinski definition) is 8. The van der Waals surface area contributed by atoms with Crippen molar-refractivity contribution in [3.8, 4) is 0 Å². The Morgan fingerprint density at radius 3 is 2.54 bits per heavy atom. The number of likely N-dealkylation sites (tertiary alicyclic amines) is 1. The van der Waals surface area contributed by atoms with Gasteiger partial charge in [0, 0.05) is 52.4 Å². The van der Waals surface area contributed by atoms with Gasteiger partial charge in [-0.15, -0.1) is 11.3 Å². The molecule has 1 unspecified atom stereocenters. The maximum absolute atomic E-state index is 14.6. The van der Waals surface area contributed by atoms with Crippen LogP contribution in [0.4, 0.5) is 5.69 Å². The Hall–Kier alpha value is -3.28. The van der Waals surface area contributed by atoms with Crippen molar-refractivity contribution in [3.63, 3.8) is 0 Å². The number of nitrogens with one attached hydrogen (secondary N) is 1. The summed E-state index contributed by atoms with van der Waals surface area (Å²) in [6.45, 7) is 3.52. The number of benzene rings is 2. The van der Waals surface area contributed by atoms with Gasteiger partial charge in [-0.25, -0.2) is 4.98 Å². The van der Waals surface area contributed by atoms with E-state index in [4.69, 9.17) is 32.7 Å². The van der Waals surface area contributed by atoms with Crippen molar-refractivity contribution in [1.29, 1.82) is 0 Å². The highest BCUT2D eigenvalue weighted by Gasteiger charge is 2.50. The Balaban J connectivity index is 1.24. The van der Waals surface area contributed by atoms with Gasteiger partial charge in [0.1, 0.15) is 0 Å². The maximum atomic E-state index is 14.6. The van der Waals surface area contributed by atoms with E-state index in [1.165, 1.54) is 11.3 Å². The predicted octanol–water partition coefficient (Wildman–Crippen LogP) is 7.31. The van der Waals surface area contributed by atoms with Gasteiger partial charge in [0.15, 0.2) is 0 Å². The third-order valence-corrected chi connectivity index (χ3v) is 10.5. The van der Waals surface area contributed by atoms with E-state index in [0.717, 1.165) is 22.9 Å². The smallest absolute Gasteiger partial charge is 0.308 e. The van der Waals surface area contributed by atoms with Crippen molar-refractivity contribution in [2.24, 2.45) is 5.92 Å². The number of amides is 1. The largest absolute Gasteiger partial charge is 0.466 e. The number of carbonyl (C=O) groups is 3. The molecule has 2 aliphatic rings. The predicted molar refractivity (Wildman–Crippen MR) is 179 cm³/mol. The van der Waals surface area contributed by atoms with Crippen LogP contribution in [-0.2, 0) is 31.3 Å². The van der Waals surface area contributed by atoms with Gasteiger partial charge in [0.05, 0.1) is 41.2 Å². The van der Waals surface area contributed by atoms with E-state index in [2.05, 4.69) is 15.2 Å². The zero-order chi connectivity index (χ0) is 32.3. The number of thiophene rings is 1. The van der Waals surface area contributed by atoms with Gasteiger partial charge >= 0.3 is 5.97 Å². The van der Waals surface area contributed by atoms with Gasteiger partial charge in [-0.2, -0.15) is 0 Å². The first kappa shape index (κ1) is 32.7. The van der Waals surface area contributed by atoms with Crippen LogP contribution in [0, 0.1) is 5.92 Å². The second-order valence-electron chi connectivity index (χ2n) is 11.7. The molecule has 0 spiro atoms. The van der Waals surface area contributed by atoms with Crippen molar-refractivity contribution >= 4 is 68.0 Å². The molecule has 9 nitrogen and oxygen atoms in total. The summed E-state index contributed by atoms with van der Waals surface area (Å²) in [5.74, 6) is -2.29. The first-order valence-electron chi connectivity index (χ1n) is 15.7. The fourth-order valence-electron chi connectivity index (χ4n) is 6.50. The highest BCUT2D eigenvalue weighted by molar-refractivity contribution is 7.17. The topological polar surface area (TPSA) is 103 Å². The quantitative estimate of drug-likeness (QED) is 0.165. The van der Waals surface area contributed by atoms with Gasteiger partial charge in [-0.05, 0) is 69.2 Å². The fraction of sp³-hybridized carbons (Fsp3) is 0.412. The average Bonchev–Trinajstić information content (AvgIpc) is 3.86. The summed E-state index contributed by atoms with van der Waals surface area (Å²) in [4.78, 5) is 46.5. The lowest BCUT2D eigenvalue weighted by Gasteiger charge is -2.44. The number of hydrogen-bond donors (Lipinski definition) is 1. The van der Waals surface area contributed by atoms with Crippen LogP contribution in [0.5, 0.6) is 0 Å². The molecule has 2 fully saturated rings. The van der Waals surface area contributed by atoms with Gasteiger partial charge in [-0.1, -0.05) is 41.4 Å². The summed E-state index contributed by atoms with van der Waals surface area (Å²) < 4.78 is 14.9. The lowest BCUT2D eigenvalue weighted by atomic mass is 9.87. The van der Waals surface area contributed by atoms with Crippen molar-refractivity contribution in [1.82, 2.24) is 14.5 Å². The standard InChI is InChI=1S/C34H36Cl2N4O5S/c1-2-44-33(43)22-9-11-24(12-10-22)45-34(39-14-5-6-15-39,40-16-13-37-21-40)31(41)18-23-17-28(36)29(19-27(23)35)38-32(42)26-20-46-30-8-4-3-7-25(26)30/h3-4,7-8,13,16-17,19-22,24H,2,5-6,9-12,14-15,18H2,1H3,(H,38,42).